The summed E-state index contributed by atoms with van der Waals surface area (Å²) in [7, 11) is 0. The molecule has 1 aliphatic rings. The van der Waals surface area contributed by atoms with Crippen LogP contribution in [-0.4, -0.2) is 59.4 Å². The summed E-state index contributed by atoms with van der Waals surface area (Å²) in [5.74, 6) is 0.330. The maximum Gasteiger partial charge on any atom is 0.260 e. The Morgan fingerprint density at radius 1 is 1.28 bits per heavy atom. The van der Waals surface area contributed by atoms with Gasteiger partial charge in [-0.2, -0.15) is 0 Å². The number of rotatable bonds is 9. The summed E-state index contributed by atoms with van der Waals surface area (Å²) < 4.78 is 5.58. The smallest absolute Gasteiger partial charge is 0.260 e. The number of piperidine rings is 1. The van der Waals surface area contributed by atoms with E-state index in [0.29, 0.717) is 29.5 Å². The number of nitrogens with zero attached hydrogens (tertiary/aromatic N) is 3. The van der Waals surface area contributed by atoms with Crippen molar-refractivity contribution >= 4 is 40.4 Å². The maximum absolute atomic E-state index is 12.7. The highest BCUT2D eigenvalue weighted by Gasteiger charge is 2.25. The van der Waals surface area contributed by atoms with Crippen LogP contribution in [-0.2, 0) is 16.1 Å². The molecule has 0 aliphatic carbocycles. The molecule has 1 N–H and O–H groups in total. The molecule has 0 saturated carbocycles. The second-order valence-electron chi connectivity index (χ2n) is 7.90. The third-order valence-corrected chi connectivity index (χ3v) is 6.79. The molecule has 9 heteroatoms. The van der Waals surface area contributed by atoms with Crippen LogP contribution in [0, 0.1) is 12.8 Å². The number of aromatic nitrogens is 1. The second-order valence-corrected chi connectivity index (χ2v) is 9.37. The molecular formula is C23H31ClN4O3S. The van der Waals surface area contributed by atoms with E-state index in [1.165, 1.54) is 0 Å². The van der Waals surface area contributed by atoms with Crippen molar-refractivity contribution in [1.82, 2.24) is 14.8 Å². The molecule has 2 heterocycles. The summed E-state index contributed by atoms with van der Waals surface area (Å²) in [6, 6.07) is 5.10. The van der Waals surface area contributed by atoms with Crippen LogP contribution in [0.5, 0.6) is 5.75 Å². The first-order chi connectivity index (χ1) is 15.4. The second kappa shape index (κ2) is 11.6. The van der Waals surface area contributed by atoms with Crippen molar-refractivity contribution in [3.05, 3.63) is 39.3 Å². The monoisotopic (exact) mass is 478 g/mol. The van der Waals surface area contributed by atoms with Crippen molar-refractivity contribution in [2.75, 3.05) is 38.1 Å². The van der Waals surface area contributed by atoms with E-state index in [0.717, 1.165) is 43.2 Å². The number of ether oxygens (including phenoxy) is 1. The summed E-state index contributed by atoms with van der Waals surface area (Å²) >= 11 is 7.98. The molecule has 1 saturated heterocycles. The molecule has 0 unspecified atom stereocenters. The van der Waals surface area contributed by atoms with Gasteiger partial charge in [-0.05, 0) is 64.9 Å². The molecular weight excluding hydrogens is 448 g/mol. The van der Waals surface area contributed by atoms with Crippen LogP contribution >= 0.6 is 22.9 Å². The lowest BCUT2D eigenvalue weighted by atomic mass is 9.95. The van der Waals surface area contributed by atoms with Crippen molar-refractivity contribution in [3.8, 4) is 5.75 Å². The lowest BCUT2D eigenvalue weighted by Crippen LogP contribution is -2.37. The number of hydrogen-bond acceptors (Lipinski definition) is 6. The molecule has 1 aromatic heterocycles. The standard InChI is InChI=1S/C23H31ClN4O3S/c1-4-28(5-2)22(29)14-31-21-7-6-18(12-20(21)24)26-23(30)17-8-10-27(11-9-17)13-19-15-32-16(3)25-19/h6-7,12,15,17H,4-5,8-11,13-14H2,1-3H3,(H,26,30). The maximum atomic E-state index is 12.7. The van der Waals surface area contributed by atoms with Gasteiger partial charge in [-0.3, -0.25) is 14.5 Å². The van der Waals surface area contributed by atoms with Crippen LogP contribution in [0.25, 0.3) is 0 Å². The Bertz CT molecular complexity index is 924. The van der Waals surface area contributed by atoms with E-state index < -0.39 is 0 Å². The van der Waals surface area contributed by atoms with Crippen LogP contribution in [0.3, 0.4) is 0 Å². The van der Waals surface area contributed by atoms with Crippen LogP contribution < -0.4 is 10.1 Å². The molecule has 0 radical (unpaired) electrons. The van der Waals surface area contributed by atoms with Crippen molar-refractivity contribution in [3.63, 3.8) is 0 Å². The SMILES string of the molecule is CCN(CC)C(=O)COc1ccc(NC(=O)C2CCN(Cc3csc(C)n3)CC2)cc1Cl. The fraction of sp³-hybridized carbons (Fsp3) is 0.522. The highest BCUT2D eigenvalue weighted by molar-refractivity contribution is 7.09. The summed E-state index contributed by atoms with van der Waals surface area (Å²) in [5.41, 5.74) is 1.73. The number of likely N-dealkylation sites (N-methyl/N-ethyl adjacent to an activating group) is 1. The van der Waals surface area contributed by atoms with Gasteiger partial charge < -0.3 is 15.0 Å². The molecule has 32 heavy (non-hydrogen) atoms. The van der Waals surface area contributed by atoms with Gasteiger partial charge in [-0.25, -0.2) is 4.98 Å². The van der Waals surface area contributed by atoms with Crippen molar-refractivity contribution < 1.29 is 14.3 Å². The largest absolute Gasteiger partial charge is 0.482 e. The van der Waals surface area contributed by atoms with Gasteiger partial charge >= 0.3 is 0 Å². The molecule has 3 rings (SSSR count). The Balaban J connectivity index is 1.47. The van der Waals surface area contributed by atoms with Gasteiger partial charge in [0.05, 0.1) is 15.7 Å². The van der Waals surface area contributed by atoms with E-state index in [4.69, 9.17) is 16.3 Å². The molecule has 2 amide bonds. The van der Waals surface area contributed by atoms with Crippen LogP contribution in [0.4, 0.5) is 5.69 Å². The first kappa shape index (κ1) is 24.5. The summed E-state index contributed by atoms with van der Waals surface area (Å²) in [6.07, 6.45) is 1.63. The number of amides is 2. The van der Waals surface area contributed by atoms with Gasteiger partial charge in [0.1, 0.15) is 5.75 Å². The Hall–Kier alpha value is -2.16. The zero-order chi connectivity index (χ0) is 23.1. The summed E-state index contributed by atoms with van der Waals surface area (Å²) in [4.78, 5) is 33.4. The van der Waals surface area contributed by atoms with E-state index in [1.54, 1.807) is 34.4 Å². The van der Waals surface area contributed by atoms with Gasteiger partial charge in [0.15, 0.2) is 6.61 Å². The number of nitrogens with one attached hydrogen (secondary N) is 1. The van der Waals surface area contributed by atoms with Gasteiger partial charge in [0.2, 0.25) is 5.91 Å². The van der Waals surface area contributed by atoms with E-state index in [9.17, 15) is 9.59 Å². The number of carbonyl (C=O) groups excluding carboxylic acids is 2. The van der Waals surface area contributed by atoms with E-state index in [1.807, 2.05) is 20.8 Å². The third-order valence-electron chi connectivity index (χ3n) is 5.68. The summed E-state index contributed by atoms with van der Waals surface area (Å²) in [6.45, 7) is 9.68. The van der Waals surface area contributed by atoms with E-state index in [2.05, 4.69) is 20.6 Å². The Labute approximate surface area is 198 Å². The lowest BCUT2D eigenvalue weighted by molar-refractivity contribution is -0.133. The zero-order valence-electron chi connectivity index (χ0n) is 18.9. The molecule has 1 fully saturated rings. The van der Waals surface area contributed by atoms with Crippen LogP contribution in [0.2, 0.25) is 5.02 Å². The van der Waals surface area contributed by atoms with E-state index in [-0.39, 0.29) is 24.3 Å². The highest BCUT2D eigenvalue weighted by Crippen LogP contribution is 2.29. The van der Waals surface area contributed by atoms with Gasteiger partial charge in [-0.15, -0.1) is 11.3 Å². The topological polar surface area (TPSA) is 74.8 Å². The molecule has 174 valence electrons. The molecule has 2 aromatic rings. The normalized spacial score (nSPS) is 14.9. The fourth-order valence-corrected chi connectivity index (χ4v) is 4.65. The van der Waals surface area contributed by atoms with Crippen molar-refractivity contribution in [2.45, 2.75) is 40.2 Å². The lowest BCUT2D eigenvalue weighted by Gasteiger charge is -2.30. The molecule has 0 spiro atoms. The van der Waals surface area contributed by atoms with Gasteiger partial charge in [0, 0.05) is 36.6 Å². The van der Waals surface area contributed by atoms with Crippen LogP contribution in [0.1, 0.15) is 37.4 Å². The third kappa shape index (κ3) is 6.67. The number of benzene rings is 1. The predicted molar refractivity (Wildman–Crippen MR) is 128 cm³/mol. The number of carbonyl (C=O) groups is 2. The predicted octanol–water partition coefficient (Wildman–Crippen LogP) is 4.20. The fourth-order valence-electron chi connectivity index (χ4n) is 3.81. The molecule has 1 aromatic carbocycles. The number of halogens is 1. The first-order valence-electron chi connectivity index (χ1n) is 11.0. The molecule has 0 bridgehead atoms. The highest BCUT2D eigenvalue weighted by atomic mass is 35.5. The quantitative estimate of drug-likeness (QED) is 0.584. The minimum absolute atomic E-state index is 0.00981. The number of likely N-dealkylation sites (tertiary alicyclic amines) is 1. The Kier molecular flexibility index (Phi) is 8.90. The minimum atomic E-state index is -0.0836. The van der Waals surface area contributed by atoms with Crippen LogP contribution in [0.15, 0.2) is 23.6 Å². The Morgan fingerprint density at radius 2 is 2.00 bits per heavy atom. The van der Waals surface area contributed by atoms with Gasteiger partial charge in [0.25, 0.3) is 5.91 Å². The molecule has 7 nitrogen and oxygen atoms in total. The van der Waals surface area contributed by atoms with Crippen molar-refractivity contribution in [2.24, 2.45) is 5.92 Å². The number of hydrogen-bond donors (Lipinski definition) is 1. The average Bonchev–Trinajstić information content (AvgIpc) is 3.19. The zero-order valence-corrected chi connectivity index (χ0v) is 20.5. The minimum Gasteiger partial charge on any atom is -0.482 e. The molecule has 1 aliphatic heterocycles. The summed E-state index contributed by atoms with van der Waals surface area (Å²) in [5, 5.41) is 6.52. The van der Waals surface area contributed by atoms with Gasteiger partial charge in [-0.1, -0.05) is 11.6 Å². The van der Waals surface area contributed by atoms with Crippen molar-refractivity contribution in [1.29, 1.82) is 0 Å². The first-order valence-corrected chi connectivity index (χ1v) is 12.3. The Morgan fingerprint density at radius 3 is 2.59 bits per heavy atom. The molecule has 0 atom stereocenters. The number of thiazole rings is 1. The average molecular weight is 479 g/mol. The number of aryl methyl sites for hydroxylation is 1. The van der Waals surface area contributed by atoms with E-state index >= 15 is 0 Å². The number of anilines is 1.